The minimum atomic E-state index is -1.14. The molecule has 1 saturated heterocycles. The number of anilines is 1. The van der Waals surface area contributed by atoms with Gasteiger partial charge in [-0.3, -0.25) is 9.59 Å². The summed E-state index contributed by atoms with van der Waals surface area (Å²) < 4.78 is 5.40. The number of nitrogens with zero attached hydrogens (tertiary/aromatic N) is 2. The first-order valence-corrected chi connectivity index (χ1v) is 13.4. The summed E-state index contributed by atoms with van der Waals surface area (Å²) in [6.07, 6.45) is 3.77. The Morgan fingerprint density at radius 2 is 1.84 bits per heavy atom. The second kappa shape index (κ2) is 9.82. The summed E-state index contributed by atoms with van der Waals surface area (Å²) in [7, 11) is 1.63. The van der Waals surface area contributed by atoms with Gasteiger partial charge in [0, 0.05) is 29.1 Å². The van der Waals surface area contributed by atoms with Crippen LogP contribution in [0.25, 0.3) is 10.9 Å². The summed E-state index contributed by atoms with van der Waals surface area (Å²) in [4.78, 5) is 46.4. The van der Waals surface area contributed by atoms with E-state index < -0.39 is 5.54 Å². The van der Waals surface area contributed by atoms with Crippen LogP contribution in [0.4, 0.5) is 10.5 Å². The Kier molecular flexibility index (Phi) is 6.67. The first kappa shape index (κ1) is 25.8. The number of aromatic amines is 1. The van der Waals surface area contributed by atoms with Gasteiger partial charge in [-0.05, 0) is 80.6 Å². The Labute approximate surface area is 223 Å². The molecule has 0 saturated carbocycles. The smallest absolute Gasteiger partial charge is 0.332 e. The number of H-pyrrole nitrogens is 1. The van der Waals surface area contributed by atoms with Gasteiger partial charge in [0.1, 0.15) is 5.75 Å². The van der Waals surface area contributed by atoms with E-state index in [4.69, 9.17) is 4.74 Å². The lowest BCUT2D eigenvalue weighted by Crippen LogP contribution is -2.49. The number of carbonyl (C=O) groups excluding carboxylic acids is 3. The number of carbonyl (C=O) groups is 3. The number of urea groups is 1. The number of benzene rings is 2. The topological polar surface area (TPSA) is 94.7 Å². The third kappa shape index (κ3) is 4.22. The van der Waals surface area contributed by atoms with Gasteiger partial charge < -0.3 is 19.9 Å². The predicted molar refractivity (Wildman–Crippen MR) is 148 cm³/mol. The van der Waals surface area contributed by atoms with E-state index in [0.29, 0.717) is 30.1 Å². The molecule has 0 aliphatic carbocycles. The van der Waals surface area contributed by atoms with Crippen LogP contribution < -0.4 is 15.0 Å². The zero-order valence-corrected chi connectivity index (χ0v) is 22.8. The number of amides is 4. The van der Waals surface area contributed by atoms with E-state index >= 15 is 0 Å². The Balaban J connectivity index is 1.37. The molecule has 3 aromatic rings. The van der Waals surface area contributed by atoms with E-state index in [0.717, 1.165) is 47.2 Å². The fraction of sp³-hybridized carbons (Fsp3) is 0.433. The zero-order valence-electron chi connectivity index (χ0n) is 22.8. The van der Waals surface area contributed by atoms with Crippen LogP contribution in [0, 0.1) is 5.92 Å². The highest BCUT2D eigenvalue weighted by molar-refractivity contribution is 6.23. The highest BCUT2D eigenvalue weighted by Crippen LogP contribution is 2.45. The molecule has 38 heavy (non-hydrogen) atoms. The molecule has 2 N–H and O–H groups in total. The highest BCUT2D eigenvalue weighted by Gasteiger charge is 2.59. The number of hydrogen-bond acceptors (Lipinski definition) is 4. The molecular formula is C30H36N4O4. The molecule has 5 rings (SSSR count). The van der Waals surface area contributed by atoms with Crippen LogP contribution in [0.2, 0.25) is 0 Å². The van der Waals surface area contributed by atoms with Gasteiger partial charge in [0.05, 0.1) is 18.5 Å². The Morgan fingerprint density at radius 3 is 2.53 bits per heavy atom. The predicted octanol–water partition coefficient (Wildman–Crippen LogP) is 5.36. The van der Waals surface area contributed by atoms with Crippen molar-refractivity contribution in [3.63, 3.8) is 0 Å². The standard InChI is InChI=1S/C30H36N4O4/c1-18(2)7-6-8-19(3)31-27(35)20-9-11-21(12-10-20)34-28(36)30(4)26-23(15-16-33(30)29(34)37)24-17-22(38-5)13-14-25(24)32-26/h9-14,17-19,32H,6-8,15-16H2,1-5H3,(H,31,35)/t19-,30+/m1/s1. The van der Waals surface area contributed by atoms with Gasteiger partial charge in [-0.1, -0.05) is 26.7 Å². The molecule has 0 bridgehead atoms. The van der Waals surface area contributed by atoms with Crippen LogP contribution in [0.3, 0.4) is 0 Å². The van der Waals surface area contributed by atoms with Crippen LogP contribution in [0.1, 0.15) is 68.6 Å². The third-order valence-electron chi connectivity index (χ3n) is 7.95. The summed E-state index contributed by atoms with van der Waals surface area (Å²) in [6, 6.07) is 12.2. The fourth-order valence-electron chi connectivity index (χ4n) is 5.75. The minimum absolute atomic E-state index is 0.0732. The van der Waals surface area contributed by atoms with Crippen molar-refractivity contribution in [2.24, 2.45) is 5.92 Å². The second-order valence-corrected chi connectivity index (χ2v) is 11.0. The monoisotopic (exact) mass is 516 g/mol. The van der Waals surface area contributed by atoms with Crippen molar-refractivity contribution in [3.8, 4) is 5.75 Å². The maximum atomic E-state index is 13.9. The molecule has 1 fully saturated rings. The maximum absolute atomic E-state index is 13.9. The molecule has 1 aromatic heterocycles. The van der Waals surface area contributed by atoms with Gasteiger partial charge in [-0.25, -0.2) is 9.69 Å². The Morgan fingerprint density at radius 1 is 1.11 bits per heavy atom. The second-order valence-electron chi connectivity index (χ2n) is 11.0. The fourth-order valence-corrected chi connectivity index (χ4v) is 5.75. The lowest BCUT2D eigenvalue weighted by molar-refractivity contribution is -0.125. The van der Waals surface area contributed by atoms with Crippen LogP contribution in [-0.2, 0) is 16.8 Å². The van der Waals surface area contributed by atoms with Crippen molar-refractivity contribution < 1.29 is 19.1 Å². The molecule has 8 nitrogen and oxygen atoms in total. The van der Waals surface area contributed by atoms with Crippen LogP contribution in [0.5, 0.6) is 5.75 Å². The average Bonchev–Trinajstić information content (AvgIpc) is 3.36. The lowest BCUT2D eigenvalue weighted by atomic mass is 9.87. The van der Waals surface area contributed by atoms with E-state index in [2.05, 4.69) is 24.1 Å². The summed E-state index contributed by atoms with van der Waals surface area (Å²) in [5.74, 6) is 0.930. The van der Waals surface area contributed by atoms with Gasteiger partial charge >= 0.3 is 6.03 Å². The molecule has 4 amide bonds. The third-order valence-corrected chi connectivity index (χ3v) is 7.95. The summed E-state index contributed by atoms with van der Waals surface area (Å²) >= 11 is 0. The first-order valence-electron chi connectivity index (χ1n) is 13.4. The van der Waals surface area contributed by atoms with Crippen molar-refractivity contribution in [1.82, 2.24) is 15.2 Å². The minimum Gasteiger partial charge on any atom is -0.497 e. The number of methoxy groups -OCH3 is 1. The zero-order chi connectivity index (χ0) is 27.2. The van der Waals surface area contributed by atoms with Crippen molar-refractivity contribution in [3.05, 3.63) is 59.3 Å². The number of imide groups is 1. The highest BCUT2D eigenvalue weighted by atomic mass is 16.5. The maximum Gasteiger partial charge on any atom is 0.332 e. The number of hydrogen-bond donors (Lipinski definition) is 2. The number of ether oxygens (including phenoxy) is 1. The largest absolute Gasteiger partial charge is 0.497 e. The average molecular weight is 517 g/mol. The molecule has 0 unspecified atom stereocenters. The summed E-state index contributed by atoms with van der Waals surface area (Å²) in [5, 5.41) is 4.05. The number of rotatable bonds is 8. The Hall–Kier alpha value is -3.81. The van der Waals surface area contributed by atoms with Gasteiger partial charge in [0.25, 0.3) is 11.8 Å². The van der Waals surface area contributed by atoms with E-state index in [9.17, 15) is 14.4 Å². The van der Waals surface area contributed by atoms with Crippen molar-refractivity contribution in [2.45, 2.75) is 65.0 Å². The normalized spacial score (nSPS) is 19.6. The molecular weight excluding hydrogens is 480 g/mol. The van der Waals surface area contributed by atoms with E-state index in [1.54, 1.807) is 43.2 Å². The molecule has 200 valence electrons. The number of nitrogens with one attached hydrogen (secondary N) is 2. The SMILES string of the molecule is COc1ccc2[nH]c3c(c2c1)CCN1C(=O)N(c2ccc(C(=O)N[C@H](C)CCCC(C)C)cc2)C(=O)[C@]31C. The molecule has 2 atom stereocenters. The van der Waals surface area contributed by atoms with Gasteiger partial charge in [-0.15, -0.1) is 0 Å². The van der Waals surface area contributed by atoms with Crippen LogP contribution >= 0.6 is 0 Å². The van der Waals surface area contributed by atoms with E-state index in [1.807, 2.05) is 25.1 Å². The molecule has 2 aliphatic rings. The molecule has 2 aromatic carbocycles. The first-order chi connectivity index (χ1) is 18.1. The quantitative estimate of drug-likeness (QED) is 0.394. The lowest BCUT2D eigenvalue weighted by Gasteiger charge is -2.35. The molecule has 0 radical (unpaired) electrons. The molecule has 8 heteroatoms. The molecule has 3 heterocycles. The number of fused-ring (bicyclic) bond motifs is 5. The Bertz CT molecular complexity index is 1390. The van der Waals surface area contributed by atoms with Gasteiger partial charge in [0.2, 0.25) is 0 Å². The molecule has 0 spiro atoms. The van der Waals surface area contributed by atoms with Crippen molar-refractivity contribution in [1.29, 1.82) is 0 Å². The van der Waals surface area contributed by atoms with Crippen molar-refractivity contribution in [2.75, 3.05) is 18.6 Å². The summed E-state index contributed by atoms with van der Waals surface area (Å²) in [6.45, 7) is 8.65. The van der Waals surface area contributed by atoms with Gasteiger partial charge in [0.15, 0.2) is 5.54 Å². The van der Waals surface area contributed by atoms with Crippen molar-refractivity contribution >= 4 is 34.4 Å². The van der Waals surface area contributed by atoms with Crippen LogP contribution in [-0.4, -0.2) is 47.4 Å². The van der Waals surface area contributed by atoms with E-state index in [1.165, 1.54) is 4.90 Å². The van der Waals surface area contributed by atoms with Crippen LogP contribution in [0.15, 0.2) is 42.5 Å². The van der Waals surface area contributed by atoms with Gasteiger partial charge in [-0.2, -0.15) is 0 Å². The number of aromatic nitrogens is 1. The molecule has 2 aliphatic heterocycles. The van der Waals surface area contributed by atoms with E-state index in [-0.39, 0.29) is 23.9 Å². The summed E-state index contributed by atoms with van der Waals surface area (Å²) in [5.41, 5.74) is 2.51.